The molecule has 2 rings (SSSR count). The van der Waals surface area contributed by atoms with Crippen LogP contribution in [0.3, 0.4) is 0 Å². The first-order chi connectivity index (χ1) is 9.65. The van der Waals surface area contributed by atoms with Gasteiger partial charge in [-0.3, -0.25) is 4.79 Å². The Morgan fingerprint density at radius 1 is 1.60 bits per heavy atom. The number of halogens is 1. The molecule has 0 aliphatic rings. The van der Waals surface area contributed by atoms with Crippen molar-refractivity contribution in [2.75, 3.05) is 19.0 Å². The maximum atomic E-state index is 13.7. The number of tetrazole rings is 1. The van der Waals surface area contributed by atoms with Gasteiger partial charge in [0.25, 0.3) is 5.91 Å². The molecule has 0 aliphatic carbocycles. The van der Waals surface area contributed by atoms with Gasteiger partial charge < -0.3 is 15.8 Å². The molecule has 3 N–H and O–H groups in total. The Bertz CT molecular complexity index is 585. The van der Waals surface area contributed by atoms with Crippen LogP contribution in [-0.4, -0.2) is 45.9 Å². The van der Waals surface area contributed by atoms with E-state index in [-0.39, 0.29) is 12.2 Å². The molecule has 8 nitrogen and oxygen atoms in total. The van der Waals surface area contributed by atoms with E-state index in [9.17, 15) is 9.18 Å². The van der Waals surface area contributed by atoms with Gasteiger partial charge in [0.15, 0.2) is 0 Å². The zero-order valence-corrected chi connectivity index (χ0v) is 10.7. The highest BCUT2D eigenvalue weighted by molar-refractivity contribution is 5.94. The van der Waals surface area contributed by atoms with Gasteiger partial charge in [0, 0.05) is 13.7 Å². The highest BCUT2D eigenvalue weighted by atomic mass is 19.1. The number of amides is 1. The summed E-state index contributed by atoms with van der Waals surface area (Å²) >= 11 is 0. The monoisotopic (exact) mass is 280 g/mol. The van der Waals surface area contributed by atoms with Crippen LogP contribution in [0.2, 0.25) is 0 Å². The molecular weight excluding hydrogens is 267 g/mol. The molecule has 0 radical (unpaired) electrons. The fourth-order valence-corrected chi connectivity index (χ4v) is 1.55. The molecule has 0 aliphatic heterocycles. The summed E-state index contributed by atoms with van der Waals surface area (Å²) in [6.45, 7) is -0.00333. The van der Waals surface area contributed by atoms with E-state index in [0.717, 1.165) is 0 Å². The number of nitrogens with one attached hydrogen (secondary N) is 1. The molecule has 0 fully saturated rings. The number of rotatable bonds is 5. The molecule has 0 saturated carbocycles. The number of nitrogens with two attached hydrogens (primary N) is 1. The SMILES string of the molecule is COC(CN)C(=O)Nc1cc(-n2cnnn2)ccc1F. The quantitative estimate of drug-likeness (QED) is 0.779. The summed E-state index contributed by atoms with van der Waals surface area (Å²) in [4.78, 5) is 11.8. The molecular formula is C11H13FN6O2. The molecule has 1 amide bonds. The molecule has 1 unspecified atom stereocenters. The first-order valence-corrected chi connectivity index (χ1v) is 5.72. The fraction of sp³-hybridized carbons (Fsp3) is 0.273. The van der Waals surface area contributed by atoms with Gasteiger partial charge in [0.2, 0.25) is 0 Å². The molecule has 1 aromatic heterocycles. The van der Waals surface area contributed by atoms with Crippen molar-refractivity contribution >= 4 is 11.6 Å². The Morgan fingerprint density at radius 2 is 2.40 bits per heavy atom. The Labute approximate surface area is 113 Å². The van der Waals surface area contributed by atoms with Gasteiger partial charge in [-0.15, -0.1) is 5.10 Å². The van der Waals surface area contributed by atoms with E-state index in [4.69, 9.17) is 10.5 Å². The van der Waals surface area contributed by atoms with Crippen LogP contribution < -0.4 is 11.1 Å². The second-order valence-corrected chi connectivity index (χ2v) is 3.87. The van der Waals surface area contributed by atoms with Gasteiger partial charge in [-0.2, -0.15) is 0 Å². The zero-order valence-electron chi connectivity index (χ0n) is 10.7. The average Bonchev–Trinajstić information content (AvgIpc) is 2.96. The summed E-state index contributed by atoms with van der Waals surface area (Å²) in [6.07, 6.45) is 0.516. The van der Waals surface area contributed by atoms with Crippen LogP contribution in [0.1, 0.15) is 0 Å². The molecule has 0 spiro atoms. The summed E-state index contributed by atoms with van der Waals surface area (Å²) in [6, 6.07) is 4.10. The van der Waals surface area contributed by atoms with Gasteiger partial charge in [-0.05, 0) is 28.6 Å². The number of anilines is 1. The van der Waals surface area contributed by atoms with Crippen LogP contribution in [0.4, 0.5) is 10.1 Å². The van der Waals surface area contributed by atoms with Crippen molar-refractivity contribution in [3.63, 3.8) is 0 Å². The van der Waals surface area contributed by atoms with E-state index in [1.807, 2.05) is 0 Å². The van der Waals surface area contributed by atoms with Crippen LogP contribution in [0.15, 0.2) is 24.5 Å². The van der Waals surface area contributed by atoms with E-state index in [0.29, 0.717) is 5.69 Å². The summed E-state index contributed by atoms with van der Waals surface area (Å²) in [5.74, 6) is -1.11. The van der Waals surface area contributed by atoms with Crippen LogP contribution in [0.25, 0.3) is 5.69 Å². The third kappa shape index (κ3) is 2.95. The van der Waals surface area contributed by atoms with E-state index in [1.165, 1.54) is 36.3 Å². The second kappa shape index (κ2) is 6.17. The number of aromatic nitrogens is 4. The minimum Gasteiger partial charge on any atom is -0.370 e. The summed E-state index contributed by atoms with van der Waals surface area (Å²) < 4.78 is 19.9. The van der Waals surface area contributed by atoms with Crippen molar-refractivity contribution in [2.24, 2.45) is 5.73 Å². The molecule has 1 aromatic carbocycles. The van der Waals surface area contributed by atoms with Gasteiger partial charge in [0.1, 0.15) is 18.2 Å². The summed E-state index contributed by atoms with van der Waals surface area (Å²) in [7, 11) is 1.35. The molecule has 0 saturated heterocycles. The largest absolute Gasteiger partial charge is 0.370 e. The first kappa shape index (κ1) is 14.0. The minimum atomic E-state index is -0.842. The highest BCUT2D eigenvalue weighted by Gasteiger charge is 2.17. The normalized spacial score (nSPS) is 12.2. The van der Waals surface area contributed by atoms with Crippen molar-refractivity contribution in [1.82, 2.24) is 20.2 Å². The van der Waals surface area contributed by atoms with Crippen LogP contribution >= 0.6 is 0 Å². The summed E-state index contributed by atoms with van der Waals surface area (Å²) in [5, 5.41) is 13.1. The van der Waals surface area contributed by atoms with Gasteiger partial charge >= 0.3 is 0 Å². The number of hydrogen-bond acceptors (Lipinski definition) is 6. The number of nitrogens with zero attached hydrogens (tertiary/aromatic N) is 4. The lowest BCUT2D eigenvalue weighted by Gasteiger charge is -2.14. The molecule has 1 atom stereocenters. The topological polar surface area (TPSA) is 108 Å². The number of benzene rings is 1. The lowest BCUT2D eigenvalue weighted by Crippen LogP contribution is -2.36. The second-order valence-electron chi connectivity index (χ2n) is 3.87. The Kier molecular flexibility index (Phi) is 4.33. The predicted molar refractivity (Wildman–Crippen MR) is 67.6 cm³/mol. The molecule has 2 aromatic rings. The number of hydrogen-bond donors (Lipinski definition) is 2. The standard InChI is InChI=1S/C11H13FN6O2/c1-20-10(5-13)11(19)15-9-4-7(2-3-8(9)12)18-6-14-16-17-18/h2-4,6,10H,5,13H2,1H3,(H,15,19). The number of carbonyl (C=O) groups excluding carboxylic acids is 1. The first-order valence-electron chi connectivity index (χ1n) is 5.72. The molecule has 106 valence electrons. The lowest BCUT2D eigenvalue weighted by molar-refractivity contribution is -0.125. The molecule has 1 heterocycles. The van der Waals surface area contributed by atoms with Crippen molar-refractivity contribution in [3.8, 4) is 5.69 Å². The maximum absolute atomic E-state index is 13.7. The van der Waals surface area contributed by atoms with E-state index in [2.05, 4.69) is 20.8 Å². The Hall–Kier alpha value is -2.39. The average molecular weight is 280 g/mol. The van der Waals surface area contributed by atoms with Gasteiger partial charge in [0.05, 0.1) is 11.4 Å². The van der Waals surface area contributed by atoms with Crippen molar-refractivity contribution in [3.05, 3.63) is 30.3 Å². The number of carbonyl (C=O) groups is 1. The third-order valence-corrected chi connectivity index (χ3v) is 2.61. The lowest BCUT2D eigenvalue weighted by atomic mass is 10.2. The smallest absolute Gasteiger partial charge is 0.254 e. The zero-order chi connectivity index (χ0) is 14.5. The van der Waals surface area contributed by atoms with Crippen molar-refractivity contribution < 1.29 is 13.9 Å². The van der Waals surface area contributed by atoms with E-state index >= 15 is 0 Å². The van der Waals surface area contributed by atoms with E-state index in [1.54, 1.807) is 0 Å². The maximum Gasteiger partial charge on any atom is 0.254 e. The fourth-order valence-electron chi connectivity index (χ4n) is 1.55. The Balaban J connectivity index is 2.23. The van der Waals surface area contributed by atoms with Crippen molar-refractivity contribution in [1.29, 1.82) is 0 Å². The number of methoxy groups -OCH3 is 1. The molecule has 20 heavy (non-hydrogen) atoms. The number of ether oxygens (including phenoxy) is 1. The van der Waals surface area contributed by atoms with Gasteiger partial charge in [-0.1, -0.05) is 0 Å². The predicted octanol–water partition coefficient (Wildman–Crippen LogP) is -0.286. The van der Waals surface area contributed by atoms with Crippen LogP contribution in [-0.2, 0) is 9.53 Å². The minimum absolute atomic E-state index is 0.00139. The highest BCUT2D eigenvalue weighted by Crippen LogP contribution is 2.18. The van der Waals surface area contributed by atoms with Crippen LogP contribution in [0, 0.1) is 5.82 Å². The summed E-state index contributed by atoms with van der Waals surface area (Å²) in [5.41, 5.74) is 5.88. The van der Waals surface area contributed by atoms with Crippen molar-refractivity contribution in [2.45, 2.75) is 6.10 Å². The Morgan fingerprint density at radius 3 is 3.00 bits per heavy atom. The van der Waals surface area contributed by atoms with Crippen LogP contribution in [0.5, 0.6) is 0 Å². The molecule has 0 bridgehead atoms. The van der Waals surface area contributed by atoms with Gasteiger partial charge in [-0.25, -0.2) is 9.07 Å². The third-order valence-electron chi connectivity index (χ3n) is 2.61. The van der Waals surface area contributed by atoms with E-state index < -0.39 is 17.8 Å². The molecule has 9 heteroatoms.